The first-order chi connectivity index (χ1) is 5.95. The highest BCUT2D eigenvalue weighted by molar-refractivity contribution is 9.10. The molecule has 2 nitrogen and oxygen atoms in total. The molecule has 0 spiro atoms. The van der Waals surface area contributed by atoms with Crippen molar-refractivity contribution in [2.24, 2.45) is 0 Å². The van der Waals surface area contributed by atoms with E-state index in [4.69, 9.17) is 4.74 Å². The fraction of sp³-hybridized carbons (Fsp3) is 0.375. The molecular weight excluding hydrogens is 244 g/mol. The van der Waals surface area contributed by atoms with Gasteiger partial charge in [-0.3, -0.25) is 0 Å². The Hall–Kier alpha value is -0.710. The fourth-order valence-corrected chi connectivity index (χ4v) is 1.24. The monoisotopic (exact) mass is 251 g/mol. The summed E-state index contributed by atoms with van der Waals surface area (Å²) < 4.78 is 31.1. The van der Waals surface area contributed by atoms with Gasteiger partial charge in [-0.25, -0.2) is 13.8 Å². The van der Waals surface area contributed by atoms with E-state index < -0.39 is 5.92 Å². The van der Waals surface area contributed by atoms with Crippen LogP contribution < -0.4 is 4.74 Å². The summed E-state index contributed by atoms with van der Waals surface area (Å²) in [6, 6.07) is 1.30. The molecule has 0 aliphatic rings. The van der Waals surface area contributed by atoms with Gasteiger partial charge in [-0.2, -0.15) is 0 Å². The van der Waals surface area contributed by atoms with Gasteiger partial charge >= 0.3 is 0 Å². The molecule has 0 aliphatic heterocycles. The maximum Gasteiger partial charge on any atom is 0.275 e. The van der Waals surface area contributed by atoms with Crippen LogP contribution in [0.2, 0.25) is 0 Å². The zero-order valence-electron chi connectivity index (χ0n) is 7.14. The van der Waals surface area contributed by atoms with Crippen molar-refractivity contribution in [2.75, 3.05) is 7.11 Å². The first-order valence-electron chi connectivity index (χ1n) is 3.53. The molecule has 0 saturated carbocycles. The summed E-state index contributed by atoms with van der Waals surface area (Å²) in [6.45, 7) is 0.805. The Balaban J connectivity index is 3.24. The molecule has 0 aromatic carbocycles. The minimum Gasteiger partial charge on any atom is -0.481 e. The first-order valence-corrected chi connectivity index (χ1v) is 4.32. The lowest BCUT2D eigenvalue weighted by atomic mass is 10.1. The van der Waals surface area contributed by atoms with Crippen LogP contribution >= 0.6 is 15.9 Å². The SMILES string of the molecule is COc1ncc(Br)cc1C(C)(F)F. The molecule has 0 saturated heterocycles. The van der Waals surface area contributed by atoms with Gasteiger partial charge in [0.05, 0.1) is 12.7 Å². The average molecular weight is 252 g/mol. The van der Waals surface area contributed by atoms with Gasteiger partial charge in [0, 0.05) is 17.6 Å². The van der Waals surface area contributed by atoms with Crippen LogP contribution in [0.25, 0.3) is 0 Å². The second kappa shape index (κ2) is 3.57. The van der Waals surface area contributed by atoms with E-state index in [0.717, 1.165) is 6.92 Å². The Labute approximate surface area is 83.1 Å². The predicted molar refractivity (Wildman–Crippen MR) is 48.1 cm³/mol. The molecule has 1 heterocycles. The summed E-state index contributed by atoms with van der Waals surface area (Å²) in [6.07, 6.45) is 1.41. The summed E-state index contributed by atoms with van der Waals surface area (Å²) in [5, 5.41) is 0. The number of methoxy groups -OCH3 is 1. The number of halogens is 3. The zero-order valence-corrected chi connectivity index (χ0v) is 8.73. The number of hydrogen-bond acceptors (Lipinski definition) is 2. The Morgan fingerprint density at radius 1 is 1.54 bits per heavy atom. The largest absolute Gasteiger partial charge is 0.481 e. The smallest absolute Gasteiger partial charge is 0.275 e. The van der Waals surface area contributed by atoms with Crippen LogP contribution in [0.3, 0.4) is 0 Å². The van der Waals surface area contributed by atoms with Crippen molar-refractivity contribution in [3.8, 4) is 5.88 Å². The molecule has 0 radical (unpaired) electrons. The maximum atomic E-state index is 12.9. The molecule has 72 valence electrons. The van der Waals surface area contributed by atoms with Crippen LogP contribution in [-0.2, 0) is 5.92 Å². The third kappa shape index (κ3) is 2.37. The van der Waals surface area contributed by atoms with Crippen LogP contribution in [0.4, 0.5) is 8.78 Å². The molecule has 0 N–H and O–H groups in total. The normalized spacial score (nSPS) is 11.5. The van der Waals surface area contributed by atoms with Gasteiger partial charge in [0.2, 0.25) is 5.88 Å². The van der Waals surface area contributed by atoms with Gasteiger partial charge in [0.1, 0.15) is 0 Å². The number of rotatable bonds is 2. The maximum absolute atomic E-state index is 12.9. The van der Waals surface area contributed by atoms with Crippen LogP contribution in [0.15, 0.2) is 16.7 Å². The Morgan fingerprint density at radius 3 is 2.62 bits per heavy atom. The van der Waals surface area contributed by atoms with Gasteiger partial charge in [0.25, 0.3) is 5.92 Å². The van der Waals surface area contributed by atoms with Crippen molar-refractivity contribution < 1.29 is 13.5 Å². The third-order valence-corrected chi connectivity index (χ3v) is 1.92. The zero-order chi connectivity index (χ0) is 10.1. The highest BCUT2D eigenvalue weighted by Gasteiger charge is 2.29. The standard InChI is InChI=1S/C8H8BrF2NO/c1-8(10,11)6-3-5(9)4-12-7(6)13-2/h3-4H,1-2H3. The number of hydrogen-bond donors (Lipinski definition) is 0. The first kappa shape index (κ1) is 10.4. The van der Waals surface area contributed by atoms with E-state index in [1.165, 1.54) is 19.4 Å². The van der Waals surface area contributed by atoms with E-state index in [1.807, 2.05) is 0 Å². The molecule has 0 unspecified atom stereocenters. The highest BCUT2D eigenvalue weighted by Crippen LogP contribution is 2.34. The third-order valence-electron chi connectivity index (χ3n) is 1.48. The molecule has 0 amide bonds. The average Bonchev–Trinajstić information content (AvgIpc) is 2.03. The Bertz CT molecular complexity index is 312. The van der Waals surface area contributed by atoms with Crippen molar-refractivity contribution in [3.05, 3.63) is 22.3 Å². The Kier molecular flexibility index (Phi) is 2.85. The van der Waals surface area contributed by atoms with E-state index >= 15 is 0 Å². The van der Waals surface area contributed by atoms with E-state index in [9.17, 15) is 8.78 Å². The minimum absolute atomic E-state index is 0.0456. The molecule has 13 heavy (non-hydrogen) atoms. The predicted octanol–water partition coefficient (Wildman–Crippen LogP) is 2.96. The van der Waals surface area contributed by atoms with E-state index in [2.05, 4.69) is 20.9 Å². The van der Waals surface area contributed by atoms with Gasteiger partial charge in [-0.15, -0.1) is 0 Å². The summed E-state index contributed by atoms with van der Waals surface area (Å²) in [5.41, 5.74) is -0.218. The van der Waals surface area contributed by atoms with Gasteiger partial charge in [0.15, 0.2) is 0 Å². The van der Waals surface area contributed by atoms with Crippen LogP contribution in [-0.4, -0.2) is 12.1 Å². The molecule has 5 heteroatoms. The topological polar surface area (TPSA) is 22.1 Å². The van der Waals surface area contributed by atoms with Crippen molar-refractivity contribution in [2.45, 2.75) is 12.8 Å². The molecule has 1 rings (SSSR count). The number of ether oxygens (including phenoxy) is 1. The van der Waals surface area contributed by atoms with Crippen molar-refractivity contribution >= 4 is 15.9 Å². The summed E-state index contributed by atoms with van der Waals surface area (Å²) in [5.74, 6) is -2.99. The highest BCUT2D eigenvalue weighted by atomic mass is 79.9. The number of aromatic nitrogens is 1. The second-order valence-corrected chi connectivity index (χ2v) is 3.51. The van der Waals surface area contributed by atoms with E-state index in [1.54, 1.807) is 0 Å². The van der Waals surface area contributed by atoms with Crippen molar-refractivity contribution in [3.63, 3.8) is 0 Å². The van der Waals surface area contributed by atoms with Crippen LogP contribution in [0.1, 0.15) is 12.5 Å². The lowest BCUT2D eigenvalue weighted by Gasteiger charge is -2.13. The quantitative estimate of drug-likeness (QED) is 0.807. The van der Waals surface area contributed by atoms with Crippen LogP contribution in [0, 0.1) is 0 Å². The second-order valence-electron chi connectivity index (χ2n) is 2.60. The summed E-state index contributed by atoms with van der Waals surface area (Å²) >= 11 is 3.07. The van der Waals surface area contributed by atoms with Gasteiger partial charge in [-0.1, -0.05) is 0 Å². The number of pyridine rings is 1. The summed E-state index contributed by atoms with van der Waals surface area (Å²) in [4.78, 5) is 3.71. The number of alkyl halides is 2. The molecule has 0 bridgehead atoms. The summed E-state index contributed by atoms with van der Waals surface area (Å²) in [7, 11) is 1.31. The molecule has 1 aromatic rings. The molecule has 1 aromatic heterocycles. The Morgan fingerprint density at radius 2 is 2.15 bits per heavy atom. The lowest BCUT2D eigenvalue weighted by molar-refractivity contribution is 0.0144. The van der Waals surface area contributed by atoms with E-state index in [0.29, 0.717) is 4.47 Å². The van der Waals surface area contributed by atoms with Gasteiger partial charge < -0.3 is 4.74 Å². The lowest BCUT2D eigenvalue weighted by Crippen LogP contribution is -2.10. The van der Waals surface area contributed by atoms with E-state index in [-0.39, 0.29) is 11.4 Å². The van der Waals surface area contributed by atoms with Crippen molar-refractivity contribution in [1.29, 1.82) is 0 Å². The fourth-order valence-electron chi connectivity index (χ4n) is 0.904. The molecule has 0 atom stereocenters. The van der Waals surface area contributed by atoms with Crippen molar-refractivity contribution in [1.82, 2.24) is 4.98 Å². The number of nitrogens with zero attached hydrogens (tertiary/aromatic N) is 1. The molecular formula is C8H8BrF2NO. The van der Waals surface area contributed by atoms with Gasteiger partial charge in [-0.05, 0) is 22.0 Å². The molecule has 0 fully saturated rings. The minimum atomic E-state index is -2.94. The van der Waals surface area contributed by atoms with Crippen LogP contribution in [0.5, 0.6) is 5.88 Å². The molecule has 0 aliphatic carbocycles.